The minimum Gasteiger partial charge on any atom is -0.380 e. The van der Waals surface area contributed by atoms with Gasteiger partial charge in [-0.05, 0) is 36.1 Å². The fourth-order valence-corrected chi connectivity index (χ4v) is 3.03. The molecule has 21 heavy (non-hydrogen) atoms. The van der Waals surface area contributed by atoms with Crippen molar-refractivity contribution >= 4 is 16.6 Å². The molecule has 0 saturated carbocycles. The summed E-state index contributed by atoms with van der Waals surface area (Å²) >= 11 is 0. The average Bonchev–Trinajstić information content (AvgIpc) is 2.83. The lowest BCUT2D eigenvalue weighted by atomic mass is 10.1. The number of anilines is 1. The van der Waals surface area contributed by atoms with Crippen LogP contribution in [0.2, 0.25) is 0 Å². The van der Waals surface area contributed by atoms with Gasteiger partial charge in [0.2, 0.25) is 0 Å². The van der Waals surface area contributed by atoms with Gasteiger partial charge in [-0.25, -0.2) is 0 Å². The van der Waals surface area contributed by atoms with Crippen molar-refractivity contribution in [1.82, 2.24) is 4.57 Å². The molecule has 0 aliphatic rings. The van der Waals surface area contributed by atoms with E-state index in [9.17, 15) is 0 Å². The van der Waals surface area contributed by atoms with Crippen molar-refractivity contribution in [3.63, 3.8) is 0 Å². The lowest BCUT2D eigenvalue weighted by Crippen LogP contribution is -2.03. The Labute approximate surface area is 126 Å². The van der Waals surface area contributed by atoms with Gasteiger partial charge in [-0.3, -0.25) is 0 Å². The molecule has 2 nitrogen and oxygen atoms in total. The van der Waals surface area contributed by atoms with Crippen LogP contribution >= 0.6 is 0 Å². The van der Waals surface area contributed by atoms with Gasteiger partial charge >= 0.3 is 0 Å². The van der Waals surface area contributed by atoms with Gasteiger partial charge in [-0.2, -0.15) is 0 Å². The molecule has 0 fully saturated rings. The van der Waals surface area contributed by atoms with Crippen LogP contribution in [0, 0.1) is 6.92 Å². The second-order valence-electron chi connectivity index (χ2n) is 5.60. The normalized spacial score (nSPS) is 11.0. The molecule has 0 unspecified atom stereocenters. The third-order valence-electron chi connectivity index (χ3n) is 4.18. The van der Waals surface area contributed by atoms with Crippen molar-refractivity contribution in [1.29, 1.82) is 0 Å². The van der Waals surface area contributed by atoms with Gasteiger partial charge in [0.15, 0.2) is 0 Å². The van der Waals surface area contributed by atoms with Crippen LogP contribution in [0.1, 0.15) is 23.6 Å². The number of hydrogen-bond donors (Lipinski definition) is 1. The lowest BCUT2D eigenvalue weighted by Gasteiger charge is -2.13. The van der Waals surface area contributed by atoms with Gasteiger partial charge in [0.25, 0.3) is 0 Å². The van der Waals surface area contributed by atoms with Crippen LogP contribution in [-0.2, 0) is 20.0 Å². The molecular weight excluding hydrogens is 256 g/mol. The van der Waals surface area contributed by atoms with Crippen LogP contribution in [0.5, 0.6) is 0 Å². The molecule has 3 aromatic rings. The number of hydrogen-bond acceptors (Lipinski definition) is 1. The summed E-state index contributed by atoms with van der Waals surface area (Å²) in [6.45, 7) is 5.24. The Bertz CT molecular complexity index is 768. The second kappa shape index (κ2) is 5.65. The average molecular weight is 278 g/mol. The van der Waals surface area contributed by atoms with E-state index in [0.29, 0.717) is 0 Å². The van der Waals surface area contributed by atoms with Gasteiger partial charge in [0.05, 0.1) is 0 Å². The number of aryl methyl sites for hydroxylation is 3. The number of fused-ring (bicyclic) bond motifs is 1. The molecule has 0 radical (unpaired) electrons. The Kier molecular flexibility index (Phi) is 3.70. The number of aromatic nitrogens is 1. The summed E-state index contributed by atoms with van der Waals surface area (Å²) in [5.41, 5.74) is 6.62. The Hall–Kier alpha value is -2.22. The van der Waals surface area contributed by atoms with Crippen molar-refractivity contribution in [2.75, 3.05) is 5.32 Å². The van der Waals surface area contributed by atoms with Gasteiger partial charge in [0.1, 0.15) is 0 Å². The van der Waals surface area contributed by atoms with Crippen molar-refractivity contribution in [2.45, 2.75) is 26.8 Å². The van der Waals surface area contributed by atoms with Crippen molar-refractivity contribution in [3.05, 3.63) is 65.4 Å². The number of benzene rings is 2. The van der Waals surface area contributed by atoms with E-state index < -0.39 is 0 Å². The molecular formula is C19H22N2. The van der Waals surface area contributed by atoms with Gasteiger partial charge in [-0.1, -0.05) is 43.3 Å². The highest BCUT2D eigenvalue weighted by Gasteiger charge is 2.08. The van der Waals surface area contributed by atoms with E-state index in [2.05, 4.69) is 79.4 Å². The maximum absolute atomic E-state index is 3.64. The molecule has 0 amide bonds. The highest BCUT2D eigenvalue weighted by Crippen LogP contribution is 2.25. The van der Waals surface area contributed by atoms with Crippen LogP contribution in [0.4, 0.5) is 5.69 Å². The fraction of sp³-hybridized carbons (Fsp3) is 0.263. The van der Waals surface area contributed by atoms with E-state index in [1.165, 1.54) is 33.3 Å². The van der Waals surface area contributed by atoms with Crippen molar-refractivity contribution < 1.29 is 0 Å². The summed E-state index contributed by atoms with van der Waals surface area (Å²) in [5.74, 6) is 0. The summed E-state index contributed by atoms with van der Waals surface area (Å²) in [7, 11) is 2.11. The van der Waals surface area contributed by atoms with E-state index in [-0.39, 0.29) is 0 Å². The van der Waals surface area contributed by atoms with Gasteiger partial charge in [0, 0.05) is 36.4 Å². The highest BCUT2D eigenvalue weighted by atomic mass is 14.9. The van der Waals surface area contributed by atoms with E-state index in [0.717, 1.165) is 13.0 Å². The van der Waals surface area contributed by atoms with E-state index in [4.69, 9.17) is 0 Å². The zero-order valence-electron chi connectivity index (χ0n) is 13.0. The molecule has 2 aromatic carbocycles. The summed E-state index contributed by atoms with van der Waals surface area (Å²) < 4.78 is 2.20. The zero-order valence-corrected chi connectivity index (χ0v) is 13.0. The molecule has 1 heterocycles. The number of nitrogens with zero attached hydrogens (tertiary/aromatic N) is 1. The molecule has 0 aliphatic carbocycles. The minimum atomic E-state index is 0.860. The molecule has 0 aliphatic heterocycles. The molecule has 0 spiro atoms. The summed E-state index contributed by atoms with van der Waals surface area (Å²) in [6.07, 6.45) is 3.28. The molecule has 2 heteroatoms. The Morgan fingerprint density at radius 3 is 2.62 bits per heavy atom. The minimum absolute atomic E-state index is 0.860. The molecule has 0 bridgehead atoms. The first-order chi connectivity index (χ1) is 10.2. The largest absolute Gasteiger partial charge is 0.380 e. The predicted molar refractivity (Wildman–Crippen MR) is 90.8 cm³/mol. The monoisotopic (exact) mass is 278 g/mol. The maximum Gasteiger partial charge on any atom is 0.0481 e. The van der Waals surface area contributed by atoms with Gasteiger partial charge in [-0.15, -0.1) is 0 Å². The third-order valence-corrected chi connectivity index (χ3v) is 4.18. The van der Waals surface area contributed by atoms with E-state index in [1.54, 1.807) is 0 Å². The lowest BCUT2D eigenvalue weighted by molar-refractivity contribution is 0.955. The summed E-state index contributed by atoms with van der Waals surface area (Å²) in [4.78, 5) is 0. The Morgan fingerprint density at radius 1 is 1.00 bits per heavy atom. The number of nitrogens with one attached hydrogen (secondary N) is 1. The first-order valence-electron chi connectivity index (χ1n) is 7.56. The second-order valence-corrected chi connectivity index (χ2v) is 5.60. The molecule has 1 aromatic heterocycles. The fourth-order valence-electron chi connectivity index (χ4n) is 3.03. The maximum atomic E-state index is 3.64. The molecule has 3 rings (SSSR count). The number of rotatable bonds is 4. The topological polar surface area (TPSA) is 17.0 Å². The van der Waals surface area contributed by atoms with Crippen LogP contribution in [0.25, 0.3) is 10.9 Å². The standard InChI is InChI=1S/C19H22N2/c1-4-15-9-7-8-14(2)19(15)20-12-16-13-21(3)18-11-6-5-10-17(16)18/h5-11,13,20H,4,12H2,1-3H3. The molecule has 0 saturated heterocycles. The smallest absolute Gasteiger partial charge is 0.0481 e. The molecule has 1 N–H and O–H groups in total. The van der Waals surface area contributed by atoms with Crippen molar-refractivity contribution in [3.8, 4) is 0 Å². The highest BCUT2D eigenvalue weighted by molar-refractivity contribution is 5.84. The van der Waals surface area contributed by atoms with Gasteiger partial charge < -0.3 is 9.88 Å². The Morgan fingerprint density at radius 2 is 1.81 bits per heavy atom. The van der Waals surface area contributed by atoms with E-state index >= 15 is 0 Å². The SMILES string of the molecule is CCc1cccc(C)c1NCc1cn(C)c2ccccc12. The van der Waals surface area contributed by atoms with Crippen LogP contribution in [0.3, 0.4) is 0 Å². The van der Waals surface area contributed by atoms with Crippen LogP contribution < -0.4 is 5.32 Å². The van der Waals surface area contributed by atoms with Crippen LogP contribution in [0.15, 0.2) is 48.7 Å². The third kappa shape index (κ3) is 2.54. The zero-order chi connectivity index (χ0) is 14.8. The predicted octanol–water partition coefficient (Wildman–Crippen LogP) is 4.66. The van der Waals surface area contributed by atoms with Crippen molar-refractivity contribution in [2.24, 2.45) is 7.05 Å². The number of para-hydroxylation sites is 2. The summed E-state index contributed by atoms with van der Waals surface area (Å²) in [5, 5.41) is 4.97. The summed E-state index contributed by atoms with van der Waals surface area (Å²) in [6, 6.07) is 15.1. The van der Waals surface area contributed by atoms with E-state index in [1.807, 2.05) is 0 Å². The molecule has 0 atom stereocenters. The van der Waals surface area contributed by atoms with Crippen LogP contribution in [-0.4, -0.2) is 4.57 Å². The first kappa shape index (κ1) is 13.7. The first-order valence-corrected chi connectivity index (χ1v) is 7.56. The molecule has 108 valence electrons. The Balaban J connectivity index is 1.91. The quantitative estimate of drug-likeness (QED) is 0.734.